The second-order valence-corrected chi connectivity index (χ2v) is 12.6. The minimum Gasteiger partial charge on any atom is -0.359 e. The standard InChI is InChI=1S/C33H56N10O11/c1-8-22(45)15-35-27(48)17-43(18-28(49)37-20-38-33(54)24(39-21(2)44)12-13-26(47)34-3)19-29(50)40-25(32(53)36-16-31(52)42(6)7)11-9-23(46)10-14-30(51)41(4)5/h24-25H,8-20H2,1-7H3,(H,34,47)(H,35,48)(H,36,53)(H,37,49)(H,38,54)(H,39,44)(H,40,50). The van der Waals surface area contributed by atoms with Crippen LogP contribution in [0.15, 0.2) is 0 Å². The number of carbonyl (C=O) groups is 11. The average molecular weight is 769 g/mol. The summed E-state index contributed by atoms with van der Waals surface area (Å²) in [7, 11) is 7.46. The highest BCUT2D eigenvalue weighted by Crippen LogP contribution is 2.05. The van der Waals surface area contributed by atoms with Gasteiger partial charge in [0.25, 0.3) is 0 Å². The van der Waals surface area contributed by atoms with Crippen molar-refractivity contribution >= 4 is 64.7 Å². The van der Waals surface area contributed by atoms with Gasteiger partial charge in [0.15, 0.2) is 5.78 Å². The third-order valence-corrected chi connectivity index (χ3v) is 7.55. The second-order valence-electron chi connectivity index (χ2n) is 12.6. The molecular weight excluding hydrogens is 712 g/mol. The van der Waals surface area contributed by atoms with Gasteiger partial charge >= 0.3 is 0 Å². The molecule has 9 amide bonds. The summed E-state index contributed by atoms with van der Waals surface area (Å²) in [4.78, 5) is 139. The van der Waals surface area contributed by atoms with E-state index < -0.39 is 86.3 Å². The number of nitrogens with one attached hydrogen (secondary N) is 7. The van der Waals surface area contributed by atoms with E-state index in [1.54, 1.807) is 21.0 Å². The summed E-state index contributed by atoms with van der Waals surface area (Å²) in [6.45, 7) is -0.0460. The number of hydrogen-bond donors (Lipinski definition) is 7. The fraction of sp³-hybridized carbons (Fsp3) is 0.667. The molecule has 54 heavy (non-hydrogen) atoms. The van der Waals surface area contributed by atoms with Gasteiger partial charge in [0.2, 0.25) is 53.2 Å². The maximum Gasteiger partial charge on any atom is 0.243 e. The molecule has 0 saturated carbocycles. The Morgan fingerprint density at radius 3 is 1.63 bits per heavy atom. The first-order chi connectivity index (χ1) is 25.3. The number of carbonyl (C=O) groups excluding carboxylic acids is 11. The second kappa shape index (κ2) is 26.3. The predicted molar refractivity (Wildman–Crippen MR) is 193 cm³/mol. The number of amides is 9. The fourth-order valence-electron chi connectivity index (χ4n) is 4.33. The summed E-state index contributed by atoms with van der Waals surface area (Å²) in [5.74, 6) is -5.96. The zero-order valence-corrected chi connectivity index (χ0v) is 32.2. The van der Waals surface area contributed by atoms with Gasteiger partial charge in [0.05, 0.1) is 39.4 Å². The molecule has 0 radical (unpaired) electrons. The topological polar surface area (TPSA) is 282 Å². The molecule has 7 N–H and O–H groups in total. The lowest BCUT2D eigenvalue weighted by Gasteiger charge is -2.24. The third kappa shape index (κ3) is 22.5. The zero-order valence-electron chi connectivity index (χ0n) is 32.2. The molecule has 0 fully saturated rings. The maximum absolute atomic E-state index is 13.2. The minimum absolute atomic E-state index is 0.0210. The zero-order chi connectivity index (χ0) is 41.4. The highest BCUT2D eigenvalue weighted by molar-refractivity contribution is 5.93. The molecule has 0 aromatic heterocycles. The van der Waals surface area contributed by atoms with Crippen molar-refractivity contribution in [1.29, 1.82) is 0 Å². The van der Waals surface area contributed by atoms with Crippen LogP contribution in [0.4, 0.5) is 0 Å². The maximum atomic E-state index is 13.2. The molecule has 21 heteroatoms. The predicted octanol–water partition coefficient (Wildman–Crippen LogP) is -4.49. The van der Waals surface area contributed by atoms with Crippen molar-refractivity contribution in [1.82, 2.24) is 51.9 Å². The van der Waals surface area contributed by atoms with E-state index >= 15 is 0 Å². The van der Waals surface area contributed by atoms with E-state index in [0.717, 1.165) is 4.90 Å². The number of nitrogens with zero attached hydrogens (tertiary/aromatic N) is 3. The van der Waals surface area contributed by atoms with Gasteiger partial charge in [-0.1, -0.05) is 6.92 Å². The van der Waals surface area contributed by atoms with Gasteiger partial charge in [0, 0.05) is 74.3 Å². The lowest BCUT2D eigenvalue weighted by atomic mass is 10.0. The molecule has 2 unspecified atom stereocenters. The van der Waals surface area contributed by atoms with Crippen LogP contribution in [-0.2, 0) is 52.7 Å². The van der Waals surface area contributed by atoms with Crippen LogP contribution < -0.4 is 37.2 Å². The number of Topliss-reactive ketones (excluding diaryl/α,β-unsaturated/α-hetero) is 2. The minimum atomic E-state index is -1.32. The van der Waals surface area contributed by atoms with Gasteiger partial charge in [-0.2, -0.15) is 0 Å². The first-order valence-corrected chi connectivity index (χ1v) is 17.3. The van der Waals surface area contributed by atoms with Crippen molar-refractivity contribution in [2.24, 2.45) is 0 Å². The van der Waals surface area contributed by atoms with E-state index in [0.29, 0.717) is 0 Å². The molecule has 0 rings (SSSR count). The fourth-order valence-corrected chi connectivity index (χ4v) is 4.33. The Morgan fingerprint density at radius 1 is 0.537 bits per heavy atom. The highest BCUT2D eigenvalue weighted by atomic mass is 16.2. The molecule has 0 aromatic carbocycles. The summed E-state index contributed by atoms with van der Waals surface area (Å²) in [5, 5.41) is 16.9. The summed E-state index contributed by atoms with van der Waals surface area (Å²) >= 11 is 0. The smallest absolute Gasteiger partial charge is 0.243 e. The first-order valence-electron chi connectivity index (χ1n) is 17.3. The van der Waals surface area contributed by atoms with Crippen LogP contribution in [0.3, 0.4) is 0 Å². The van der Waals surface area contributed by atoms with Gasteiger partial charge < -0.3 is 47.0 Å². The van der Waals surface area contributed by atoms with Gasteiger partial charge in [-0.3, -0.25) is 57.6 Å². The van der Waals surface area contributed by atoms with Crippen molar-refractivity contribution in [3.63, 3.8) is 0 Å². The molecule has 0 aliphatic rings. The van der Waals surface area contributed by atoms with Gasteiger partial charge in [-0.15, -0.1) is 0 Å². The van der Waals surface area contributed by atoms with Crippen molar-refractivity contribution in [2.75, 3.05) is 74.6 Å². The average Bonchev–Trinajstić information content (AvgIpc) is 3.10. The molecule has 0 aliphatic carbocycles. The van der Waals surface area contributed by atoms with Crippen LogP contribution in [0.25, 0.3) is 0 Å². The molecule has 0 aliphatic heterocycles. The number of ketones is 2. The first kappa shape index (κ1) is 48.5. The molecule has 2 atom stereocenters. The van der Waals surface area contributed by atoms with Crippen LogP contribution in [0.2, 0.25) is 0 Å². The van der Waals surface area contributed by atoms with Crippen LogP contribution in [0, 0.1) is 0 Å². The Hall–Kier alpha value is -5.47. The molecule has 0 bridgehead atoms. The molecule has 21 nitrogen and oxygen atoms in total. The van der Waals surface area contributed by atoms with Crippen LogP contribution in [0.1, 0.15) is 58.8 Å². The van der Waals surface area contributed by atoms with Crippen LogP contribution >= 0.6 is 0 Å². The quantitative estimate of drug-likeness (QED) is 0.0411. The molecule has 0 saturated heterocycles. The summed E-state index contributed by atoms with van der Waals surface area (Å²) < 4.78 is 0. The van der Waals surface area contributed by atoms with E-state index in [9.17, 15) is 52.7 Å². The Kier molecular flexibility index (Phi) is 23.7. The van der Waals surface area contributed by atoms with Crippen molar-refractivity contribution < 1.29 is 52.7 Å². The number of hydrogen-bond acceptors (Lipinski definition) is 12. The molecule has 0 aromatic rings. The lowest BCUT2D eigenvalue weighted by molar-refractivity contribution is -0.134. The van der Waals surface area contributed by atoms with E-state index in [2.05, 4.69) is 37.2 Å². The Balaban J connectivity index is 5.76. The third-order valence-electron chi connectivity index (χ3n) is 7.55. The SMILES string of the molecule is CCC(=O)CNC(=O)CN(CC(=O)NCNC(=O)C(CCC(=O)NC)NC(C)=O)CC(=O)NC(CCC(=O)CCC(=O)N(C)C)C(=O)NCC(=O)N(C)C. The largest absolute Gasteiger partial charge is 0.359 e. The van der Waals surface area contributed by atoms with Crippen molar-refractivity contribution in [3.8, 4) is 0 Å². The molecular formula is C33H56N10O11. The van der Waals surface area contributed by atoms with Gasteiger partial charge in [-0.25, -0.2) is 0 Å². The van der Waals surface area contributed by atoms with Crippen LogP contribution in [0.5, 0.6) is 0 Å². The highest BCUT2D eigenvalue weighted by Gasteiger charge is 2.26. The van der Waals surface area contributed by atoms with Gasteiger partial charge in [0.1, 0.15) is 17.9 Å². The summed E-state index contributed by atoms with van der Waals surface area (Å²) in [6, 6.07) is -2.39. The number of likely N-dealkylation sites (N-methyl/N-ethyl adjacent to an activating group) is 1. The van der Waals surface area contributed by atoms with E-state index in [4.69, 9.17) is 0 Å². The van der Waals surface area contributed by atoms with E-state index in [1.807, 2.05) is 0 Å². The van der Waals surface area contributed by atoms with E-state index in [-0.39, 0.29) is 74.9 Å². The molecule has 0 spiro atoms. The van der Waals surface area contributed by atoms with Crippen molar-refractivity contribution in [3.05, 3.63) is 0 Å². The van der Waals surface area contributed by atoms with Crippen molar-refractivity contribution in [2.45, 2.75) is 70.9 Å². The van der Waals surface area contributed by atoms with Gasteiger partial charge in [-0.05, 0) is 12.8 Å². The number of rotatable bonds is 26. The Labute approximate surface area is 314 Å². The van der Waals surface area contributed by atoms with Crippen LogP contribution in [-0.4, -0.2) is 166 Å². The Bertz CT molecular complexity index is 1370. The Morgan fingerprint density at radius 2 is 1.07 bits per heavy atom. The molecule has 0 heterocycles. The normalized spacial score (nSPS) is 11.6. The van der Waals surface area contributed by atoms with E-state index in [1.165, 1.54) is 37.9 Å². The lowest BCUT2D eigenvalue weighted by Crippen LogP contribution is -2.53. The monoisotopic (exact) mass is 768 g/mol. The summed E-state index contributed by atoms with van der Waals surface area (Å²) in [5.41, 5.74) is 0. The summed E-state index contributed by atoms with van der Waals surface area (Å²) in [6.07, 6.45) is -0.449. The molecule has 304 valence electrons.